The van der Waals surface area contributed by atoms with Crippen LogP contribution in [0.1, 0.15) is 40.0 Å². The van der Waals surface area contributed by atoms with Gasteiger partial charge in [-0.05, 0) is 54.9 Å². The first-order valence-electron chi connectivity index (χ1n) is 10.1. The molecule has 2 aromatic rings. The van der Waals surface area contributed by atoms with E-state index in [1.807, 2.05) is 0 Å². The van der Waals surface area contributed by atoms with Gasteiger partial charge in [0.15, 0.2) is 5.69 Å². The van der Waals surface area contributed by atoms with Crippen molar-refractivity contribution in [2.45, 2.75) is 38.5 Å². The van der Waals surface area contributed by atoms with Gasteiger partial charge in [0.05, 0.1) is 5.56 Å². The zero-order chi connectivity index (χ0) is 22.3. The fourth-order valence-electron chi connectivity index (χ4n) is 4.73. The second kappa shape index (κ2) is 7.99. The lowest BCUT2D eigenvalue weighted by Gasteiger charge is -2.20. The number of hydrogen-bond donors (Lipinski definition) is 2. The van der Waals surface area contributed by atoms with Crippen molar-refractivity contribution < 1.29 is 27.9 Å². The van der Waals surface area contributed by atoms with Crippen molar-refractivity contribution in [2.75, 3.05) is 13.1 Å². The Kier molecular flexibility index (Phi) is 5.50. The molecule has 1 unspecified atom stereocenters. The lowest BCUT2D eigenvalue weighted by atomic mass is 10.0. The summed E-state index contributed by atoms with van der Waals surface area (Å²) >= 11 is 0. The predicted octanol–water partition coefficient (Wildman–Crippen LogP) is 3.38. The minimum absolute atomic E-state index is 0.171. The van der Waals surface area contributed by atoms with Crippen LogP contribution >= 0.6 is 0 Å². The van der Waals surface area contributed by atoms with Crippen molar-refractivity contribution in [3.8, 4) is 0 Å². The highest BCUT2D eigenvalue weighted by molar-refractivity contribution is 5.86. The average molecular weight is 436 g/mol. The maximum Gasteiger partial charge on any atom is 0.416 e. The van der Waals surface area contributed by atoms with Gasteiger partial charge >= 0.3 is 18.2 Å². The molecule has 1 aromatic carbocycles. The summed E-state index contributed by atoms with van der Waals surface area (Å²) in [5.74, 6) is -0.502. The van der Waals surface area contributed by atoms with Crippen molar-refractivity contribution in [1.29, 1.82) is 0 Å². The summed E-state index contributed by atoms with van der Waals surface area (Å²) in [6.45, 7) is 3.14. The van der Waals surface area contributed by atoms with Crippen molar-refractivity contribution in [2.24, 2.45) is 11.8 Å². The largest absolute Gasteiger partial charge is 0.476 e. The number of carbonyl (C=O) groups excluding carboxylic acids is 1. The first-order chi connectivity index (χ1) is 14.6. The number of fused-ring (bicyclic) bond motifs is 1. The van der Waals surface area contributed by atoms with Crippen molar-refractivity contribution >= 4 is 12.0 Å². The molecule has 0 spiro atoms. The van der Waals surface area contributed by atoms with Gasteiger partial charge in [0.2, 0.25) is 0 Å². The molecular weight excluding hydrogens is 413 g/mol. The number of halogens is 3. The SMILES string of the molecule is Cc1cc(CNC2C[C@@H]3CN(C(=O)n4ccc(C(=O)O)n4)C[C@@H]3C2)ccc1C(F)(F)F. The van der Waals surface area contributed by atoms with E-state index in [-0.39, 0.29) is 23.3 Å². The second-order valence-corrected chi connectivity index (χ2v) is 8.35. The van der Waals surface area contributed by atoms with E-state index in [1.54, 1.807) is 11.0 Å². The predicted molar refractivity (Wildman–Crippen MR) is 105 cm³/mol. The number of carboxylic acids is 1. The molecular formula is C21H23F3N4O3. The summed E-state index contributed by atoms with van der Waals surface area (Å²) in [5, 5.41) is 16.2. The molecule has 2 aliphatic rings. The molecule has 2 N–H and O–H groups in total. The number of likely N-dealkylation sites (tertiary alicyclic amines) is 1. The number of amides is 1. The van der Waals surface area contributed by atoms with E-state index in [9.17, 15) is 22.8 Å². The standard InChI is InChI=1S/C21H23F3N4O3/c1-12-6-13(2-3-17(12)21(22,23)24)9-25-16-7-14-10-27(11-15(14)8-16)20(31)28-5-4-18(26-28)19(29)30/h2-6,14-16,25H,7-11H2,1H3,(H,29,30)/t14-,15+,16?. The fourth-order valence-corrected chi connectivity index (χ4v) is 4.73. The first-order valence-corrected chi connectivity index (χ1v) is 10.1. The quantitative estimate of drug-likeness (QED) is 0.767. The molecule has 1 aliphatic heterocycles. The third kappa shape index (κ3) is 4.43. The van der Waals surface area contributed by atoms with Gasteiger partial charge in [-0.1, -0.05) is 12.1 Å². The molecule has 1 amide bonds. The van der Waals surface area contributed by atoms with Crippen LogP contribution < -0.4 is 5.32 Å². The molecule has 1 saturated carbocycles. The molecule has 0 bridgehead atoms. The van der Waals surface area contributed by atoms with Crippen molar-refractivity contribution in [3.05, 3.63) is 52.8 Å². The number of benzene rings is 1. The van der Waals surface area contributed by atoms with E-state index < -0.39 is 17.7 Å². The van der Waals surface area contributed by atoms with Crippen LogP contribution in [0, 0.1) is 18.8 Å². The third-order valence-electron chi connectivity index (χ3n) is 6.22. The molecule has 2 heterocycles. The van der Waals surface area contributed by atoms with Gasteiger partial charge < -0.3 is 15.3 Å². The minimum Gasteiger partial charge on any atom is -0.476 e. The van der Waals surface area contributed by atoms with Gasteiger partial charge in [-0.2, -0.15) is 23.0 Å². The minimum atomic E-state index is -4.34. The van der Waals surface area contributed by atoms with Gasteiger partial charge in [-0.25, -0.2) is 9.59 Å². The lowest BCUT2D eigenvalue weighted by molar-refractivity contribution is -0.138. The number of nitrogens with one attached hydrogen (secondary N) is 1. The van der Waals surface area contributed by atoms with Crippen LogP contribution in [0.5, 0.6) is 0 Å². The molecule has 31 heavy (non-hydrogen) atoms. The van der Waals surface area contributed by atoms with Gasteiger partial charge in [0, 0.05) is 31.9 Å². The molecule has 1 aliphatic carbocycles. The Labute approximate surface area is 176 Å². The highest BCUT2D eigenvalue weighted by atomic mass is 19.4. The Morgan fingerprint density at radius 2 is 1.87 bits per heavy atom. The van der Waals surface area contributed by atoms with Gasteiger partial charge in [0.25, 0.3) is 0 Å². The van der Waals surface area contributed by atoms with E-state index in [4.69, 9.17) is 5.11 Å². The van der Waals surface area contributed by atoms with Crippen LogP contribution in [0.15, 0.2) is 30.5 Å². The molecule has 166 valence electrons. The number of carboxylic acid groups (broad SMARTS) is 1. The Bertz CT molecular complexity index is 990. The summed E-state index contributed by atoms with van der Waals surface area (Å²) in [7, 11) is 0. The summed E-state index contributed by atoms with van der Waals surface area (Å²) in [6, 6.07) is 5.42. The van der Waals surface area contributed by atoms with E-state index in [0.29, 0.717) is 31.5 Å². The average Bonchev–Trinajstić information content (AvgIpc) is 3.39. The van der Waals surface area contributed by atoms with Crippen LogP contribution in [0.2, 0.25) is 0 Å². The van der Waals surface area contributed by atoms with Crippen LogP contribution in [-0.4, -0.2) is 50.9 Å². The summed E-state index contributed by atoms with van der Waals surface area (Å²) in [6.07, 6.45) is -1.22. The topological polar surface area (TPSA) is 87.5 Å². The number of alkyl halides is 3. The molecule has 1 aromatic heterocycles. The van der Waals surface area contributed by atoms with Gasteiger partial charge in [-0.3, -0.25) is 0 Å². The zero-order valence-electron chi connectivity index (χ0n) is 16.9. The molecule has 1 saturated heterocycles. The van der Waals surface area contributed by atoms with Crippen LogP contribution in [0.3, 0.4) is 0 Å². The molecule has 4 rings (SSSR count). The normalized spacial score (nSPS) is 23.2. The number of aromatic nitrogens is 2. The van der Waals surface area contributed by atoms with Crippen molar-refractivity contribution in [3.63, 3.8) is 0 Å². The highest BCUT2D eigenvalue weighted by Gasteiger charge is 2.42. The fraction of sp³-hybridized carbons (Fsp3) is 0.476. The number of carbonyl (C=O) groups is 2. The van der Waals surface area contributed by atoms with Crippen LogP contribution in [-0.2, 0) is 12.7 Å². The Morgan fingerprint density at radius 3 is 2.42 bits per heavy atom. The Morgan fingerprint density at radius 1 is 1.19 bits per heavy atom. The van der Waals surface area contributed by atoms with E-state index >= 15 is 0 Å². The lowest BCUT2D eigenvalue weighted by Crippen LogP contribution is -2.35. The zero-order valence-corrected chi connectivity index (χ0v) is 16.9. The maximum atomic E-state index is 12.9. The monoisotopic (exact) mass is 436 g/mol. The van der Waals surface area contributed by atoms with E-state index in [0.717, 1.165) is 29.2 Å². The number of nitrogens with zero attached hydrogens (tertiary/aromatic N) is 3. The van der Waals surface area contributed by atoms with Gasteiger partial charge in [0.1, 0.15) is 0 Å². The molecule has 0 radical (unpaired) electrons. The number of aromatic carboxylic acids is 1. The Balaban J connectivity index is 1.29. The highest BCUT2D eigenvalue weighted by Crippen LogP contribution is 2.38. The van der Waals surface area contributed by atoms with Gasteiger partial charge in [-0.15, -0.1) is 0 Å². The molecule has 3 atom stereocenters. The smallest absolute Gasteiger partial charge is 0.416 e. The van der Waals surface area contributed by atoms with Crippen LogP contribution in [0.4, 0.5) is 18.0 Å². The summed E-state index contributed by atoms with van der Waals surface area (Å²) in [5.41, 5.74) is 0.251. The van der Waals surface area contributed by atoms with Crippen LogP contribution in [0.25, 0.3) is 0 Å². The first kappa shape index (κ1) is 21.4. The maximum absolute atomic E-state index is 12.9. The van der Waals surface area contributed by atoms with Crippen molar-refractivity contribution in [1.82, 2.24) is 20.0 Å². The number of aryl methyl sites for hydroxylation is 1. The number of hydrogen-bond acceptors (Lipinski definition) is 4. The van der Waals surface area contributed by atoms with E-state index in [1.165, 1.54) is 25.3 Å². The summed E-state index contributed by atoms with van der Waals surface area (Å²) in [4.78, 5) is 25.2. The molecule has 10 heteroatoms. The second-order valence-electron chi connectivity index (χ2n) is 8.35. The summed E-state index contributed by atoms with van der Waals surface area (Å²) < 4.78 is 39.8. The molecule has 7 nitrogen and oxygen atoms in total. The van der Waals surface area contributed by atoms with E-state index in [2.05, 4.69) is 10.4 Å². The molecule has 2 fully saturated rings. The number of rotatable bonds is 4. The third-order valence-corrected chi connectivity index (χ3v) is 6.22. The Hall–Kier alpha value is -2.88.